The molecule has 30 heavy (non-hydrogen) atoms. The van der Waals surface area contributed by atoms with Crippen molar-refractivity contribution in [2.24, 2.45) is 17.8 Å². The molecule has 1 aliphatic heterocycles. The van der Waals surface area contributed by atoms with Crippen LogP contribution in [0.15, 0.2) is 0 Å². The molecule has 4 rings (SSSR count). The first-order chi connectivity index (χ1) is 14.3. The maximum Gasteiger partial charge on any atom is 0.254 e. The molecule has 1 saturated heterocycles. The zero-order valence-corrected chi connectivity index (χ0v) is 18.3. The van der Waals surface area contributed by atoms with Gasteiger partial charge in [-0.2, -0.15) is 0 Å². The summed E-state index contributed by atoms with van der Waals surface area (Å²) in [6.45, 7) is 0.866. The standard InChI is InChI=1S/C22H34ClFN2O4/c23-16-5-6-18(19(24)11-16)14-1-3-15(4-2-14)20(28)25-9-10-26(17(12-25)13-27)21(29)22(30)7-8-22/h14-19,27,30H,1-13H2/t14?,15?,16?,17-,18?,19?/m1/s1. The van der Waals surface area contributed by atoms with Crippen LogP contribution in [0.3, 0.4) is 0 Å². The molecule has 0 radical (unpaired) electrons. The van der Waals surface area contributed by atoms with Crippen LogP contribution in [0.2, 0.25) is 0 Å². The number of carbonyl (C=O) groups excluding carboxylic acids is 2. The number of carbonyl (C=O) groups is 2. The van der Waals surface area contributed by atoms with E-state index in [1.165, 1.54) is 0 Å². The van der Waals surface area contributed by atoms with Crippen LogP contribution in [0.25, 0.3) is 0 Å². The van der Waals surface area contributed by atoms with Crippen molar-refractivity contribution in [2.45, 2.75) is 81.0 Å². The molecule has 1 heterocycles. The first kappa shape index (κ1) is 22.3. The predicted molar refractivity (Wildman–Crippen MR) is 111 cm³/mol. The fourth-order valence-electron chi connectivity index (χ4n) is 5.75. The van der Waals surface area contributed by atoms with Crippen LogP contribution in [0, 0.1) is 17.8 Å². The number of aliphatic hydroxyl groups excluding tert-OH is 1. The summed E-state index contributed by atoms with van der Waals surface area (Å²) in [5, 5.41) is 19.8. The normalized spacial score (nSPS) is 38.9. The third-order valence-electron chi connectivity index (χ3n) is 7.87. The summed E-state index contributed by atoms with van der Waals surface area (Å²) in [5.74, 6) is 0.134. The summed E-state index contributed by atoms with van der Waals surface area (Å²) >= 11 is 6.10. The second kappa shape index (κ2) is 8.91. The topological polar surface area (TPSA) is 81.1 Å². The molecule has 2 N–H and O–H groups in total. The van der Waals surface area contributed by atoms with Crippen molar-refractivity contribution in [3.63, 3.8) is 0 Å². The highest BCUT2D eigenvalue weighted by molar-refractivity contribution is 6.20. The molecule has 4 aliphatic rings. The molecule has 8 heteroatoms. The van der Waals surface area contributed by atoms with E-state index in [0.29, 0.717) is 44.8 Å². The van der Waals surface area contributed by atoms with E-state index in [1.54, 1.807) is 9.80 Å². The molecular formula is C22H34ClFN2O4. The van der Waals surface area contributed by atoms with Gasteiger partial charge in [-0.3, -0.25) is 9.59 Å². The van der Waals surface area contributed by atoms with Crippen LogP contribution in [-0.4, -0.2) is 81.3 Å². The van der Waals surface area contributed by atoms with E-state index >= 15 is 0 Å². The molecule has 170 valence electrons. The minimum atomic E-state index is -1.26. The fraction of sp³-hybridized carbons (Fsp3) is 0.909. The third-order valence-corrected chi connectivity index (χ3v) is 8.27. The molecule has 2 amide bonds. The molecule has 3 aliphatic carbocycles. The van der Waals surface area contributed by atoms with Crippen LogP contribution < -0.4 is 0 Å². The average molecular weight is 445 g/mol. The summed E-state index contributed by atoms with van der Waals surface area (Å²) in [4.78, 5) is 28.9. The number of halogens is 2. The lowest BCUT2D eigenvalue weighted by molar-refractivity contribution is -0.154. The first-order valence-electron chi connectivity index (χ1n) is 11.5. The molecule has 3 saturated carbocycles. The van der Waals surface area contributed by atoms with E-state index in [-0.39, 0.29) is 35.6 Å². The third kappa shape index (κ3) is 4.49. The second-order valence-corrected chi connectivity index (χ2v) is 10.5. The van der Waals surface area contributed by atoms with Gasteiger partial charge in [0.2, 0.25) is 5.91 Å². The van der Waals surface area contributed by atoms with Gasteiger partial charge in [0, 0.05) is 30.9 Å². The Labute approximate surface area is 182 Å². The number of amides is 2. The number of rotatable bonds is 4. The highest BCUT2D eigenvalue weighted by atomic mass is 35.5. The van der Waals surface area contributed by atoms with Crippen LogP contribution in [0.5, 0.6) is 0 Å². The molecule has 4 atom stereocenters. The molecule has 6 nitrogen and oxygen atoms in total. The Bertz CT molecular complexity index is 653. The summed E-state index contributed by atoms with van der Waals surface area (Å²) in [6, 6.07) is -0.464. The van der Waals surface area contributed by atoms with Crippen molar-refractivity contribution in [2.75, 3.05) is 26.2 Å². The van der Waals surface area contributed by atoms with E-state index in [9.17, 15) is 24.2 Å². The zero-order valence-electron chi connectivity index (χ0n) is 17.5. The minimum absolute atomic E-state index is 0.0418. The second-order valence-electron chi connectivity index (χ2n) is 9.85. The van der Waals surface area contributed by atoms with Crippen molar-refractivity contribution in [1.29, 1.82) is 0 Å². The number of alkyl halides is 2. The Kier molecular flexibility index (Phi) is 6.62. The van der Waals surface area contributed by atoms with Gasteiger partial charge in [0.05, 0.1) is 12.6 Å². The predicted octanol–water partition coefficient (Wildman–Crippen LogP) is 2.09. The quantitative estimate of drug-likeness (QED) is 0.650. The lowest BCUT2D eigenvalue weighted by Crippen LogP contribution is -2.60. The van der Waals surface area contributed by atoms with Crippen molar-refractivity contribution in [3.05, 3.63) is 0 Å². The maximum atomic E-state index is 14.5. The Morgan fingerprint density at radius 3 is 2.37 bits per heavy atom. The minimum Gasteiger partial charge on any atom is -0.394 e. The van der Waals surface area contributed by atoms with Crippen molar-refractivity contribution in [3.8, 4) is 0 Å². The van der Waals surface area contributed by atoms with Gasteiger partial charge in [-0.15, -0.1) is 11.6 Å². The van der Waals surface area contributed by atoms with Crippen molar-refractivity contribution in [1.82, 2.24) is 9.80 Å². The molecule has 0 aromatic heterocycles. The Balaban J connectivity index is 1.29. The fourth-order valence-corrected chi connectivity index (χ4v) is 6.05. The molecule has 3 unspecified atom stereocenters. The van der Waals surface area contributed by atoms with Gasteiger partial charge in [-0.1, -0.05) is 0 Å². The Morgan fingerprint density at radius 2 is 1.77 bits per heavy atom. The number of hydrogen-bond acceptors (Lipinski definition) is 4. The van der Waals surface area contributed by atoms with Gasteiger partial charge in [0.15, 0.2) is 0 Å². The number of nitrogens with zero attached hydrogens (tertiary/aromatic N) is 2. The van der Waals surface area contributed by atoms with Crippen LogP contribution in [0.4, 0.5) is 4.39 Å². The summed E-state index contributed by atoms with van der Waals surface area (Å²) in [7, 11) is 0. The maximum absolute atomic E-state index is 14.5. The zero-order chi connectivity index (χ0) is 21.5. The highest BCUT2D eigenvalue weighted by Gasteiger charge is 2.52. The highest BCUT2D eigenvalue weighted by Crippen LogP contribution is 2.43. The first-order valence-corrected chi connectivity index (χ1v) is 12.0. The van der Waals surface area contributed by atoms with E-state index in [2.05, 4.69) is 0 Å². The van der Waals surface area contributed by atoms with E-state index in [4.69, 9.17) is 11.6 Å². The number of aliphatic hydroxyl groups is 2. The number of hydrogen-bond donors (Lipinski definition) is 2. The monoisotopic (exact) mass is 444 g/mol. The molecule has 0 aromatic rings. The largest absolute Gasteiger partial charge is 0.394 e. The molecular weight excluding hydrogens is 411 g/mol. The molecule has 4 fully saturated rings. The van der Waals surface area contributed by atoms with Gasteiger partial charge in [0.25, 0.3) is 5.91 Å². The molecule has 0 bridgehead atoms. The van der Waals surface area contributed by atoms with Crippen molar-refractivity contribution >= 4 is 23.4 Å². The Morgan fingerprint density at radius 1 is 1.07 bits per heavy atom. The number of piperazine rings is 1. The summed E-state index contributed by atoms with van der Waals surface area (Å²) in [5.41, 5.74) is -1.26. The SMILES string of the molecule is O=C(C1CCC(C2CCC(Cl)CC2F)CC1)N1CCN(C(=O)C2(O)CC2)[C@@H](CO)C1. The van der Waals surface area contributed by atoms with Gasteiger partial charge in [-0.25, -0.2) is 4.39 Å². The van der Waals surface area contributed by atoms with Gasteiger partial charge >= 0.3 is 0 Å². The van der Waals surface area contributed by atoms with Crippen LogP contribution >= 0.6 is 11.6 Å². The van der Waals surface area contributed by atoms with E-state index in [0.717, 1.165) is 38.5 Å². The van der Waals surface area contributed by atoms with Gasteiger partial charge in [-0.05, 0) is 69.6 Å². The van der Waals surface area contributed by atoms with E-state index in [1.807, 2.05) is 0 Å². The Hall–Kier alpha value is -0.920. The van der Waals surface area contributed by atoms with Gasteiger partial charge < -0.3 is 20.0 Å². The van der Waals surface area contributed by atoms with Crippen molar-refractivity contribution < 1.29 is 24.2 Å². The van der Waals surface area contributed by atoms with Gasteiger partial charge in [0.1, 0.15) is 11.8 Å². The molecule has 0 aromatic carbocycles. The lowest BCUT2D eigenvalue weighted by atomic mass is 9.70. The van der Waals surface area contributed by atoms with E-state index < -0.39 is 17.8 Å². The summed E-state index contributed by atoms with van der Waals surface area (Å²) < 4.78 is 14.5. The molecule has 0 spiro atoms. The summed E-state index contributed by atoms with van der Waals surface area (Å²) in [6.07, 6.45) is 5.61. The smallest absolute Gasteiger partial charge is 0.254 e. The van der Waals surface area contributed by atoms with Crippen LogP contribution in [-0.2, 0) is 9.59 Å². The lowest BCUT2D eigenvalue weighted by Gasteiger charge is -2.43. The van der Waals surface area contributed by atoms with Crippen LogP contribution in [0.1, 0.15) is 57.8 Å². The average Bonchev–Trinajstić information content (AvgIpc) is 3.51.